The van der Waals surface area contributed by atoms with E-state index < -0.39 is 6.10 Å². The molecule has 0 spiro atoms. The number of imidazole rings is 1. The van der Waals surface area contributed by atoms with Crippen LogP contribution in [-0.2, 0) is 6.54 Å². The minimum absolute atomic E-state index is 0.138. The lowest BCUT2D eigenvalue weighted by Gasteiger charge is -2.14. The smallest absolute Gasteiger partial charge is 0.259 e. The number of aliphatic hydroxyl groups is 1. The number of aromatic nitrogens is 2. The molecular weight excluding hydrogens is 394 g/mol. The zero-order valence-electron chi connectivity index (χ0n) is 17.1. The maximum Gasteiger partial charge on any atom is 0.259 e. The molecule has 0 saturated carbocycles. The molecule has 4 aromatic rings. The molecule has 1 heterocycles. The normalized spacial score (nSPS) is 11.8. The highest BCUT2D eigenvalue weighted by Crippen LogP contribution is 2.21. The van der Waals surface area contributed by atoms with Gasteiger partial charge >= 0.3 is 0 Å². The summed E-state index contributed by atoms with van der Waals surface area (Å²) in [6, 6.07) is 21.8. The Labute approximate surface area is 179 Å². The monoisotopic (exact) mass is 417 g/mol. The van der Waals surface area contributed by atoms with Crippen molar-refractivity contribution < 1.29 is 19.4 Å². The number of carbonyl (C=O) groups excluding carboxylic acids is 1. The molecule has 0 aliphatic heterocycles. The van der Waals surface area contributed by atoms with Crippen LogP contribution in [0.25, 0.3) is 11.0 Å². The second kappa shape index (κ2) is 9.32. The van der Waals surface area contributed by atoms with E-state index in [4.69, 9.17) is 9.47 Å². The molecule has 0 bridgehead atoms. The fraction of sp³-hybridized carbons (Fsp3) is 0.167. The summed E-state index contributed by atoms with van der Waals surface area (Å²) < 4.78 is 12.8. The van der Waals surface area contributed by atoms with Crippen molar-refractivity contribution in [3.63, 3.8) is 0 Å². The highest BCUT2D eigenvalue weighted by atomic mass is 16.5. The van der Waals surface area contributed by atoms with Gasteiger partial charge in [0.1, 0.15) is 24.2 Å². The maximum absolute atomic E-state index is 12.5. The van der Waals surface area contributed by atoms with Gasteiger partial charge in [0.05, 0.1) is 36.6 Å². The van der Waals surface area contributed by atoms with Gasteiger partial charge in [0.25, 0.3) is 5.91 Å². The topological polar surface area (TPSA) is 85.6 Å². The average molecular weight is 417 g/mol. The molecule has 0 radical (unpaired) electrons. The molecule has 0 aliphatic carbocycles. The van der Waals surface area contributed by atoms with Crippen molar-refractivity contribution in [3.8, 4) is 11.5 Å². The van der Waals surface area contributed by atoms with Gasteiger partial charge in [-0.3, -0.25) is 4.79 Å². The van der Waals surface area contributed by atoms with Gasteiger partial charge in [-0.15, -0.1) is 0 Å². The van der Waals surface area contributed by atoms with E-state index in [0.29, 0.717) is 29.3 Å². The average Bonchev–Trinajstić information content (AvgIpc) is 3.21. The zero-order chi connectivity index (χ0) is 21.6. The third-order valence-corrected chi connectivity index (χ3v) is 4.84. The number of fused-ring (bicyclic) bond motifs is 1. The number of aliphatic hydroxyl groups excluding tert-OH is 1. The fourth-order valence-corrected chi connectivity index (χ4v) is 3.29. The minimum atomic E-state index is -0.692. The number of para-hydroxylation sites is 3. The van der Waals surface area contributed by atoms with Crippen LogP contribution in [0.4, 0.5) is 5.69 Å². The SMILES string of the molecule is COc1ccccc1C(=O)Nc1ccc(OCC(O)Cn2cnc3ccccc32)cc1. The van der Waals surface area contributed by atoms with Gasteiger partial charge in [-0.05, 0) is 48.5 Å². The first-order chi connectivity index (χ1) is 15.1. The summed E-state index contributed by atoms with van der Waals surface area (Å²) in [5.74, 6) is 0.860. The number of carbonyl (C=O) groups is 1. The van der Waals surface area contributed by atoms with Crippen molar-refractivity contribution in [2.75, 3.05) is 19.0 Å². The van der Waals surface area contributed by atoms with E-state index >= 15 is 0 Å². The summed E-state index contributed by atoms with van der Waals surface area (Å²) in [6.07, 6.45) is 1.02. The number of benzene rings is 3. The molecule has 7 nitrogen and oxygen atoms in total. The van der Waals surface area contributed by atoms with Crippen LogP contribution in [0.1, 0.15) is 10.4 Å². The van der Waals surface area contributed by atoms with Crippen LogP contribution in [0.2, 0.25) is 0 Å². The van der Waals surface area contributed by atoms with Crippen molar-refractivity contribution in [2.45, 2.75) is 12.6 Å². The van der Waals surface area contributed by atoms with Crippen LogP contribution in [0.3, 0.4) is 0 Å². The summed E-state index contributed by atoms with van der Waals surface area (Å²) in [5, 5.41) is 13.2. The molecule has 1 aromatic heterocycles. The van der Waals surface area contributed by atoms with Gasteiger partial charge in [-0.25, -0.2) is 4.98 Å². The number of rotatable bonds is 8. The van der Waals surface area contributed by atoms with Crippen molar-refractivity contribution in [1.82, 2.24) is 9.55 Å². The minimum Gasteiger partial charge on any atom is -0.496 e. The number of methoxy groups -OCH3 is 1. The number of nitrogens with one attached hydrogen (secondary N) is 1. The maximum atomic E-state index is 12.5. The van der Waals surface area contributed by atoms with Gasteiger partial charge in [0.2, 0.25) is 0 Å². The molecule has 1 unspecified atom stereocenters. The third-order valence-electron chi connectivity index (χ3n) is 4.84. The Morgan fingerprint density at radius 3 is 2.61 bits per heavy atom. The molecule has 0 fully saturated rings. The van der Waals surface area contributed by atoms with Crippen LogP contribution >= 0.6 is 0 Å². The first-order valence-electron chi connectivity index (χ1n) is 9.89. The number of hydrogen-bond donors (Lipinski definition) is 2. The van der Waals surface area contributed by atoms with E-state index in [-0.39, 0.29) is 12.5 Å². The summed E-state index contributed by atoms with van der Waals surface area (Å²) >= 11 is 0. The van der Waals surface area contributed by atoms with Crippen molar-refractivity contribution >= 4 is 22.6 Å². The van der Waals surface area contributed by atoms with Crippen LogP contribution in [0.5, 0.6) is 11.5 Å². The number of ether oxygens (including phenoxy) is 2. The molecule has 7 heteroatoms. The van der Waals surface area contributed by atoms with Crippen LogP contribution < -0.4 is 14.8 Å². The van der Waals surface area contributed by atoms with Crippen molar-refractivity contribution in [2.24, 2.45) is 0 Å². The Morgan fingerprint density at radius 2 is 1.81 bits per heavy atom. The predicted octanol–water partition coefficient (Wildman–Crippen LogP) is 3.74. The quantitative estimate of drug-likeness (QED) is 0.456. The fourth-order valence-electron chi connectivity index (χ4n) is 3.29. The van der Waals surface area contributed by atoms with Crippen LogP contribution in [-0.4, -0.2) is 40.4 Å². The second-order valence-electron chi connectivity index (χ2n) is 7.03. The third kappa shape index (κ3) is 4.84. The second-order valence-corrected chi connectivity index (χ2v) is 7.03. The highest BCUT2D eigenvalue weighted by Gasteiger charge is 2.12. The largest absolute Gasteiger partial charge is 0.496 e. The molecule has 0 aliphatic rings. The van der Waals surface area contributed by atoms with Crippen LogP contribution in [0.15, 0.2) is 79.1 Å². The number of nitrogens with zero attached hydrogens (tertiary/aromatic N) is 2. The number of hydrogen-bond acceptors (Lipinski definition) is 5. The lowest BCUT2D eigenvalue weighted by atomic mass is 10.2. The zero-order valence-corrected chi connectivity index (χ0v) is 17.1. The van der Waals surface area contributed by atoms with E-state index in [1.807, 2.05) is 34.9 Å². The van der Waals surface area contributed by atoms with Gasteiger partial charge in [0.15, 0.2) is 0 Å². The first-order valence-corrected chi connectivity index (χ1v) is 9.89. The van der Waals surface area contributed by atoms with E-state index in [0.717, 1.165) is 11.0 Å². The van der Waals surface area contributed by atoms with E-state index in [1.165, 1.54) is 7.11 Å². The predicted molar refractivity (Wildman–Crippen MR) is 119 cm³/mol. The molecule has 0 saturated heterocycles. The number of amides is 1. The van der Waals surface area contributed by atoms with Crippen molar-refractivity contribution in [3.05, 3.63) is 84.7 Å². The number of anilines is 1. The Hall–Kier alpha value is -3.84. The summed E-state index contributed by atoms with van der Waals surface area (Å²) in [5.41, 5.74) is 2.95. The van der Waals surface area contributed by atoms with E-state index in [2.05, 4.69) is 10.3 Å². The summed E-state index contributed by atoms with van der Waals surface area (Å²) in [6.45, 7) is 0.521. The Bertz CT molecular complexity index is 1170. The Balaban J connectivity index is 1.31. The lowest BCUT2D eigenvalue weighted by Crippen LogP contribution is -2.23. The molecule has 31 heavy (non-hydrogen) atoms. The summed E-state index contributed by atoms with van der Waals surface area (Å²) in [4.78, 5) is 16.8. The Kier molecular flexibility index (Phi) is 6.14. The molecule has 1 amide bonds. The van der Waals surface area contributed by atoms with Gasteiger partial charge < -0.3 is 24.5 Å². The highest BCUT2D eigenvalue weighted by molar-refractivity contribution is 6.06. The van der Waals surface area contributed by atoms with Crippen molar-refractivity contribution in [1.29, 1.82) is 0 Å². The van der Waals surface area contributed by atoms with E-state index in [9.17, 15) is 9.90 Å². The van der Waals surface area contributed by atoms with Gasteiger partial charge in [-0.2, -0.15) is 0 Å². The summed E-state index contributed by atoms with van der Waals surface area (Å²) in [7, 11) is 1.53. The molecule has 158 valence electrons. The van der Waals surface area contributed by atoms with Gasteiger partial charge in [-0.1, -0.05) is 24.3 Å². The molecule has 2 N–H and O–H groups in total. The van der Waals surface area contributed by atoms with Crippen LogP contribution in [0, 0.1) is 0 Å². The molecular formula is C24H23N3O4. The molecule has 1 atom stereocenters. The molecule has 3 aromatic carbocycles. The Morgan fingerprint density at radius 1 is 1.06 bits per heavy atom. The first kappa shape index (κ1) is 20.4. The lowest BCUT2D eigenvalue weighted by molar-refractivity contribution is 0.0934. The molecule has 4 rings (SSSR count). The van der Waals surface area contributed by atoms with E-state index in [1.54, 1.807) is 48.8 Å². The van der Waals surface area contributed by atoms with Gasteiger partial charge in [0, 0.05) is 5.69 Å². The standard InChI is InChI=1S/C24H23N3O4/c1-30-23-9-5-2-6-20(23)24(29)26-17-10-12-19(13-11-17)31-15-18(28)14-27-16-25-21-7-3-4-8-22(21)27/h2-13,16,18,28H,14-15H2,1H3,(H,26,29).